The van der Waals surface area contributed by atoms with Gasteiger partial charge in [0.2, 0.25) is 0 Å². The molecule has 1 aromatic rings. The van der Waals surface area contributed by atoms with Crippen LogP contribution in [0.2, 0.25) is 0 Å². The van der Waals surface area contributed by atoms with Crippen LogP contribution in [0.25, 0.3) is 16.5 Å². The second kappa shape index (κ2) is 6.46. The molecular formula is C18H23FN4O. The van der Waals surface area contributed by atoms with E-state index in [9.17, 15) is 9.50 Å². The first-order valence-electron chi connectivity index (χ1n) is 8.44. The molecule has 24 heavy (non-hydrogen) atoms. The largest absolute Gasteiger partial charge is 0.390 e. The van der Waals surface area contributed by atoms with Gasteiger partial charge in [0, 0.05) is 28.7 Å². The van der Waals surface area contributed by atoms with Crippen LogP contribution in [0.15, 0.2) is 23.3 Å². The maximum absolute atomic E-state index is 14.0. The summed E-state index contributed by atoms with van der Waals surface area (Å²) in [6.07, 6.45) is 7.91. The third-order valence-electron chi connectivity index (χ3n) is 5.29. The van der Waals surface area contributed by atoms with E-state index in [1.54, 1.807) is 6.07 Å². The summed E-state index contributed by atoms with van der Waals surface area (Å²) >= 11 is 0. The van der Waals surface area contributed by atoms with Gasteiger partial charge in [-0.15, -0.1) is 0 Å². The molecule has 1 aromatic carbocycles. The first-order valence-corrected chi connectivity index (χ1v) is 8.44. The number of aliphatic hydroxyl groups is 1. The fraction of sp³-hybridized carbons (Fsp3) is 0.556. The molecule has 0 saturated heterocycles. The Labute approximate surface area is 141 Å². The second-order valence-electron chi connectivity index (χ2n) is 7.27. The van der Waals surface area contributed by atoms with Crippen LogP contribution < -0.4 is 4.90 Å². The molecule has 1 fully saturated rings. The Bertz CT molecular complexity index is 696. The van der Waals surface area contributed by atoms with Gasteiger partial charge in [-0.05, 0) is 63.1 Å². The fourth-order valence-corrected chi connectivity index (χ4v) is 3.90. The molecule has 1 heterocycles. The predicted molar refractivity (Wildman–Crippen MR) is 93.6 cm³/mol. The molecule has 6 heteroatoms. The number of benzene rings is 1. The minimum Gasteiger partial charge on any atom is -0.390 e. The number of nitrogens with zero attached hydrogens (tertiary/aromatic N) is 4. The summed E-state index contributed by atoms with van der Waals surface area (Å²) in [5.74, 6) is -0.177. The summed E-state index contributed by atoms with van der Waals surface area (Å²) in [6, 6.07) is 3.44. The van der Waals surface area contributed by atoms with Crippen molar-refractivity contribution in [2.24, 2.45) is 11.0 Å². The van der Waals surface area contributed by atoms with E-state index in [4.69, 9.17) is 5.53 Å². The Hall–Kier alpha value is -2.04. The Kier molecular flexibility index (Phi) is 4.52. The van der Waals surface area contributed by atoms with Crippen molar-refractivity contribution in [3.05, 3.63) is 40.0 Å². The summed E-state index contributed by atoms with van der Waals surface area (Å²) in [6.45, 7) is 4.53. The number of rotatable bonds is 3. The van der Waals surface area contributed by atoms with Crippen LogP contribution >= 0.6 is 0 Å². The highest BCUT2D eigenvalue weighted by Gasteiger charge is 2.34. The van der Waals surface area contributed by atoms with Crippen LogP contribution in [0, 0.1) is 11.7 Å². The molecule has 1 aliphatic carbocycles. The van der Waals surface area contributed by atoms with Crippen LogP contribution in [0.4, 0.5) is 15.8 Å². The minimum absolute atomic E-state index is 0.0433. The zero-order valence-corrected chi connectivity index (χ0v) is 14.1. The molecule has 0 amide bonds. The van der Waals surface area contributed by atoms with E-state index in [0.717, 1.165) is 43.5 Å². The van der Waals surface area contributed by atoms with Crippen molar-refractivity contribution >= 4 is 17.5 Å². The van der Waals surface area contributed by atoms with Crippen LogP contribution in [0.5, 0.6) is 0 Å². The maximum Gasteiger partial charge on any atom is 0.133 e. The third-order valence-corrected chi connectivity index (χ3v) is 5.29. The van der Waals surface area contributed by atoms with Crippen molar-refractivity contribution in [3.8, 4) is 0 Å². The average molecular weight is 330 g/mol. The highest BCUT2D eigenvalue weighted by atomic mass is 19.1. The maximum atomic E-state index is 14.0. The minimum atomic E-state index is -0.636. The topological polar surface area (TPSA) is 72.2 Å². The van der Waals surface area contributed by atoms with E-state index in [-0.39, 0.29) is 5.69 Å². The van der Waals surface area contributed by atoms with Crippen molar-refractivity contribution in [1.82, 2.24) is 0 Å². The predicted octanol–water partition coefficient (Wildman–Crippen LogP) is 4.93. The van der Waals surface area contributed by atoms with Gasteiger partial charge in [-0.3, -0.25) is 0 Å². The fourth-order valence-electron chi connectivity index (χ4n) is 3.90. The number of azide groups is 1. The molecule has 1 N–H and O–H groups in total. The number of halogens is 1. The smallest absolute Gasteiger partial charge is 0.133 e. The van der Waals surface area contributed by atoms with Crippen molar-refractivity contribution in [2.45, 2.75) is 51.2 Å². The summed E-state index contributed by atoms with van der Waals surface area (Å²) in [5.41, 5.74) is 9.76. The van der Waals surface area contributed by atoms with Gasteiger partial charge in [0.1, 0.15) is 5.82 Å². The molecule has 5 nitrogen and oxygen atoms in total. The Balaban J connectivity index is 1.84. The molecule has 0 radical (unpaired) electrons. The van der Waals surface area contributed by atoms with Crippen molar-refractivity contribution < 1.29 is 9.50 Å². The molecule has 0 spiro atoms. The van der Waals surface area contributed by atoms with Crippen molar-refractivity contribution in [2.75, 3.05) is 11.4 Å². The molecule has 0 atom stereocenters. The van der Waals surface area contributed by atoms with E-state index >= 15 is 0 Å². The van der Waals surface area contributed by atoms with Crippen molar-refractivity contribution in [3.63, 3.8) is 0 Å². The lowest BCUT2D eigenvalue weighted by Gasteiger charge is -2.42. The molecule has 1 saturated carbocycles. The van der Waals surface area contributed by atoms with Gasteiger partial charge in [-0.25, -0.2) is 4.39 Å². The van der Waals surface area contributed by atoms with Gasteiger partial charge in [0.05, 0.1) is 11.3 Å². The molecule has 0 aromatic heterocycles. The quantitative estimate of drug-likeness (QED) is 0.485. The molecular weight excluding hydrogens is 307 g/mol. The van der Waals surface area contributed by atoms with Gasteiger partial charge < -0.3 is 10.0 Å². The van der Waals surface area contributed by atoms with E-state index in [1.165, 1.54) is 6.07 Å². The van der Waals surface area contributed by atoms with E-state index < -0.39 is 11.4 Å². The Morgan fingerprint density at radius 2 is 2.00 bits per heavy atom. The summed E-state index contributed by atoms with van der Waals surface area (Å²) < 4.78 is 14.0. The molecule has 0 bridgehead atoms. The average Bonchev–Trinajstić information content (AvgIpc) is 2.54. The van der Waals surface area contributed by atoms with Gasteiger partial charge in [0.25, 0.3) is 0 Å². The van der Waals surface area contributed by atoms with Crippen LogP contribution in [-0.2, 0) is 0 Å². The summed E-state index contributed by atoms with van der Waals surface area (Å²) in [4.78, 5) is 4.98. The zero-order valence-electron chi connectivity index (χ0n) is 14.1. The van der Waals surface area contributed by atoms with Gasteiger partial charge >= 0.3 is 0 Å². The summed E-state index contributed by atoms with van der Waals surface area (Å²) in [7, 11) is 0. The summed E-state index contributed by atoms with van der Waals surface area (Å²) in [5, 5.41) is 13.7. The SMILES string of the molecule is CC(C)(O)C1CCC(N2CC=Cc3cc(F)c(N=[N+]=[N-])cc32)CC1. The van der Waals surface area contributed by atoms with Crippen LogP contribution in [-0.4, -0.2) is 23.3 Å². The molecule has 128 valence electrons. The van der Waals surface area contributed by atoms with E-state index in [2.05, 4.69) is 14.9 Å². The van der Waals surface area contributed by atoms with Gasteiger partial charge in [0.15, 0.2) is 0 Å². The number of hydrogen-bond acceptors (Lipinski definition) is 3. The van der Waals surface area contributed by atoms with Crippen LogP contribution in [0.1, 0.15) is 45.1 Å². The number of hydrogen-bond donors (Lipinski definition) is 1. The normalized spacial score (nSPS) is 23.6. The van der Waals surface area contributed by atoms with E-state index in [0.29, 0.717) is 12.0 Å². The van der Waals surface area contributed by atoms with Gasteiger partial charge in [-0.1, -0.05) is 17.3 Å². The Morgan fingerprint density at radius 3 is 2.62 bits per heavy atom. The third kappa shape index (κ3) is 3.25. The zero-order chi connectivity index (χ0) is 17.3. The van der Waals surface area contributed by atoms with Crippen molar-refractivity contribution in [1.29, 1.82) is 0 Å². The first-order chi connectivity index (χ1) is 11.4. The first kappa shape index (κ1) is 16.8. The molecule has 2 aliphatic rings. The van der Waals surface area contributed by atoms with Crippen LogP contribution in [0.3, 0.4) is 0 Å². The highest BCUT2D eigenvalue weighted by Crippen LogP contribution is 2.39. The standard InChI is InChI=1S/C18H23FN4O/c1-18(2,24)13-5-7-14(8-6-13)23-9-3-4-12-10-15(19)16(21-22-20)11-17(12)23/h3-4,10-11,13-14,24H,5-9H2,1-2H3. The lowest BCUT2D eigenvalue weighted by Crippen LogP contribution is -2.43. The molecule has 1 aliphatic heterocycles. The van der Waals surface area contributed by atoms with Gasteiger partial charge in [-0.2, -0.15) is 0 Å². The number of anilines is 1. The van der Waals surface area contributed by atoms with E-state index in [1.807, 2.05) is 26.0 Å². The lowest BCUT2D eigenvalue weighted by molar-refractivity contribution is -0.00149. The monoisotopic (exact) mass is 330 g/mol. The number of fused-ring (bicyclic) bond motifs is 1. The molecule has 0 unspecified atom stereocenters. The second-order valence-corrected chi connectivity index (χ2v) is 7.27. The molecule has 3 rings (SSSR count). The lowest BCUT2D eigenvalue weighted by atomic mass is 9.76. The highest BCUT2D eigenvalue weighted by molar-refractivity contribution is 5.75. The Morgan fingerprint density at radius 1 is 1.29 bits per heavy atom.